The van der Waals surface area contributed by atoms with Gasteiger partial charge in [0.25, 0.3) is 10.1 Å². The fourth-order valence-electron chi connectivity index (χ4n) is 4.38. The lowest BCUT2D eigenvalue weighted by Crippen LogP contribution is -2.08. The van der Waals surface area contributed by atoms with E-state index in [4.69, 9.17) is 9.18 Å². The SMILES string of the molecule is Cc1nnc2n1-c1ccc(-c3cnn(C)c3)cc1C(c1ccc(C#CCCCCOS(C)(=O)=O)cc1)=NC2. The highest BCUT2D eigenvalue weighted by atomic mass is 32.2. The molecule has 10 heteroatoms. The van der Waals surface area contributed by atoms with Crippen LogP contribution in [0, 0.1) is 18.8 Å². The summed E-state index contributed by atoms with van der Waals surface area (Å²) >= 11 is 0. The van der Waals surface area contributed by atoms with Crippen LogP contribution in [-0.2, 0) is 27.9 Å². The summed E-state index contributed by atoms with van der Waals surface area (Å²) in [4.78, 5) is 4.96. The van der Waals surface area contributed by atoms with E-state index in [1.54, 1.807) is 4.68 Å². The van der Waals surface area contributed by atoms with Crippen molar-refractivity contribution in [2.24, 2.45) is 12.0 Å². The van der Waals surface area contributed by atoms with Gasteiger partial charge in [0.05, 0.1) is 30.5 Å². The molecular formula is C28H28N6O3S. The van der Waals surface area contributed by atoms with Crippen molar-refractivity contribution < 1.29 is 12.6 Å². The fourth-order valence-corrected chi connectivity index (χ4v) is 4.80. The van der Waals surface area contributed by atoms with Gasteiger partial charge in [-0.25, -0.2) is 0 Å². The highest BCUT2D eigenvalue weighted by Crippen LogP contribution is 2.30. The minimum atomic E-state index is -3.38. The molecule has 5 rings (SSSR count). The molecule has 0 unspecified atom stereocenters. The molecule has 2 aromatic carbocycles. The monoisotopic (exact) mass is 528 g/mol. The minimum absolute atomic E-state index is 0.191. The number of nitrogens with zero attached hydrogens (tertiary/aromatic N) is 6. The molecule has 0 saturated heterocycles. The molecule has 194 valence electrons. The molecule has 0 bridgehead atoms. The van der Waals surface area contributed by atoms with Gasteiger partial charge in [-0.15, -0.1) is 10.2 Å². The maximum atomic E-state index is 11.0. The van der Waals surface area contributed by atoms with Crippen LogP contribution in [0.25, 0.3) is 16.8 Å². The van der Waals surface area contributed by atoms with E-state index in [0.29, 0.717) is 19.4 Å². The first-order chi connectivity index (χ1) is 18.3. The number of benzene rings is 2. The van der Waals surface area contributed by atoms with Crippen molar-refractivity contribution in [3.05, 3.63) is 83.2 Å². The highest BCUT2D eigenvalue weighted by molar-refractivity contribution is 7.85. The van der Waals surface area contributed by atoms with Crippen LogP contribution in [0.2, 0.25) is 0 Å². The molecule has 0 saturated carbocycles. The topological polar surface area (TPSA) is 104 Å². The van der Waals surface area contributed by atoms with Crippen molar-refractivity contribution in [1.29, 1.82) is 0 Å². The number of rotatable bonds is 7. The Kier molecular flexibility index (Phi) is 7.22. The third-order valence-electron chi connectivity index (χ3n) is 6.19. The van der Waals surface area contributed by atoms with Crippen LogP contribution in [-0.4, -0.2) is 51.5 Å². The van der Waals surface area contributed by atoms with Gasteiger partial charge in [0, 0.05) is 41.9 Å². The number of hydrogen-bond donors (Lipinski definition) is 0. The van der Waals surface area contributed by atoms with Crippen LogP contribution in [0.3, 0.4) is 0 Å². The van der Waals surface area contributed by atoms with Crippen molar-refractivity contribution in [1.82, 2.24) is 24.5 Å². The minimum Gasteiger partial charge on any atom is -0.281 e. The van der Waals surface area contributed by atoms with Crippen LogP contribution >= 0.6 is 0 Å². The normalized spacial score (nSPS) is 12.7. The average molecular weight is 529 g/mol. The maximum Gasteiger partial charge on any atom is 0.264 e. The van der Waals surface area contributed by atoms with Crippen LogP contribution in [0.5, 0.6) is 0 Å². The van der Waals surface area contributed by atoms with E-state index in [1.807, 2.05) is 50.6 Å². The lowest BCUT2D eigenvalue weighted by molar-refractivity contribution is 0.313. The van der Waals surface area contributed by atoms with Gasteiger partial charge in [-0.1, -0.05) is 30.0 Å². The molecule has 2 aromatic heterocycles. The number of hydrogen-bond acceptors (Lipinski definition) is 7. The lowest BCUT2D eigenvalue weighted by atomic mass is 9.96. The first-order valence-electron chi connectivity index (χ1n) is 12.3. The van der Waals surface area contributed by atoms with Crippen molar-refractivity contribution in [2.75, 3.05) is 12.9 Å². The van der Waals surface area contributed by atoms with Crippen molar-refractivity contribution >= 4 is 15.8 Å². The molecule has 0 fully saturated rings. The number of fused-ring (bicyclic) bond motifs is 3. The summed E-state index contributed by atoms with van der Waals surface area (Å²) in [6, 6.07) is 14.4. The van der Waals surface area contributed by atoms with Crippen molar-refractivity contribution in [3.8, 4) is 28.7 Å². The zero-order valence-electron chi connectivity index (χ0n) is 21.5. The molecular weight excluding hydrogens is 500 g/mol. The van der Waals surface area contributed by atoms with Gasteiger partial charge in [0.15, 0.2) is 5.82 Å². The molecule has 0 atom stereocenters. The molecule has 1 aliphatic heterocycles. The second-order valence-electron chi connectivity index (χ2n) is 9.16. The van der Waals surface area contributed by atoms with Crippen LogP contribution in [0.15, 0.2) is 59.9 Å². The molecule has 3 heterocycles. The molecule has 0 N–H and O–H groups in total. The average Bonchev–Trinajstić information content (AvgIpc) is 3.44. The zero-order chi connectivity index (χ0) is 26.7. The quantitative estimate of drug-likeness (QED) is 0.205. The first-order valence-corrected chi connectivity index (χ1v) is 14.1. The van der Waals surface area contributed by atoms with Gasteiger partial charge in [-0.3, -0.25) is 18.4 Å². The maximum absolute atomic E-state index is 11.0. The summed E-state index contributed by atoms with van der Waals surface area (Å²) in [7, 11) is -1.47. The number of aliphatic imine (C=N–C) groups is 1. The smallest absolute Gasteiger partial charge is 0.264 e. The molecule has 4 aromatic rings. The van der Waals surface area contributed by atoms with E-state index in [-0.39, 0.29) is 6.61 Å². The predicted molar refractivity (Wildman–Crippen MR) is 146 cm³/mol. The number of aryl methyl sites for hydroxylation is 2. The van der Waals surface area contributed by atoms with Gasteiger partial charge >= 0.3 is 0 Å². The Balaban J connectivity index is 1.39. The van der Waals surface area contributed by atoms with Gasteiger partial charge in [-0.2, -0.15) is 13.5 Å². The standard InChI is InChI=1S/C28H28N6O3S/c1-20-31-32-27-18-29-28(25-16-23(13-14-26(25)34(20)27)24-17-30-33(2)19-24)22-11-9-21(10-12-22)8-6-4-5-7-15-37-38(3,35)36/h9-14,16-17,19H,4-5,7,15,18H2,1-3H3. The summed E-state index contributed by atoms with van der Waals surface area (Å²) < 4.78 is 30.6. The Labute approximate surface area is 222 Å². The summed E-state index contributed by atoms with van der Waals surface area (Å²) in [5.41, 5.74) is 6.89. The van der Waals surface area contributed by atoms with E-state index in [1.165, 1.54) is 0 Å². The van der Waals surface area contributed by atoms with Gasteiger partial charge in [0.2, 0.25) is 0 Å². The number of aromatic nitrogens is 5. The van der Waals surface area contributed by atoms with E-state index >= 15 is 0 Å². The Morgan fingerprint density at radius 1 is 1.03 bits per heavy atom. The fraction of sp³-hybridized carbons (Fsp3) is 0.286. The summed E-state index contributed by atoms with van der Waals surface area (Å²) in [5.74, 6) is 7.96. The molecule has 0 radical (unpaired) electrons. The zero-order valence-corrected chi connectivity index (χ0v) is 22.4. The van der Waals surface area contributed by atoms with Crippen LogP contribution in [0.1, 0.15) is 47.6 Å². The summed E-state index contributed by atoms with van der Waals surface area (Å²) in [6.45, 7) is 2.57. The van der Waals surface area contributed by atoms with Crippen molar-refractivity contribution in [3.63, 3.8) is 0 Å². The Bertz CT molecular complexity index is 1670. The number of unbranched alkanes of at least 4 members (excludes halogenated alkanes) is 2. The Morgan fingerprint density at radius 2 is 1.82 bits per heavy atom. The first kappa shape index (κ1) is 25.6. The third-order valence-corrected chi connectivity index (χ3v) is 6.78. The van der Waals surface area contributed by atoms with Crippen LogP contribution in [0.4, 0.5) is 0 Å². The Morgan fingerprint density at radius 3 is 2.55 bits per heavy atom. The molecule has 0 amide bonds. The highest BCUT2D eigenvalue weighted by Gasteiger charge is 2.22. The van der Waals surface area contributed by atoms with E-state index < -0.39 is 10.1 Å². The molecule has 0 spiro atoms. The Hall–Kier alpha value is -4.07. The van der Waals surface area contributed by atoms with Gasteiger partial charge < -0.3 is 0 Å². The third kappa shape index (κ3) is 5.74. The van der Waals surface area contributed by atoms with E-state index in [2.05, 4.69) is 49.9 Å². The van der Waals surface area contributed by atoms with Crippen molar-refractivity contribution in [2.45, 2.75) is 32.7 Å². The van der Waals surface area contributed by atoms with E-state index in [0.717, 1.165) is 63.5 Å². The van der Waals surface area contributed by atoms with Gasteiger partial charge in [0.1, 0.15) is 12.4 Å². The molecule has 1 aliphatic rings. The molecule has 9 nitrogen and oxygen atoms in total. The van der Waals surface area contributed by atoms with E-state index in [9.17, 15) is 8.42 Å². The summed E-state index contributed by atoms with van der Waals surface area (Å²) in [6.07, 6.45) is 7.00. The second kappa shape index (κ2) is 10.7. The predicted octanol–water partition coefficient (Wildman–Crippen LogP) is 3.83. The lowest BCUT2D eigenvalue weighted by Gasteiger charge is -2.14. The molecule has 0 aliphatic carbocycles. The van der Waals surface area contributed by atoms with Crippen LogP contribution < -0.4 is 0 Å². The van der Waals surface area contributed by atoms with Gasteiger partial charge in [-0.05, 0) is 49.6 Å². The molecule has 38 heavy (non-hydrogen) atoms. The largest absolute Gasteiger partial charge is 0.281 e. The summed E-state index contributed by atoms with van der Waals surface area (Å²) in [5, 5.41) is 13.0. The second-order valence-corrected chi connectivity index (χ2v) is 10.8.